The molecule has 1 aromatic rings. The normalized spacial score (nSPS) is 20.9. The van der Waals surface area contributed by atoms with Gasteiger partial charge in [0.05, 0.1) is 12.1 Å². The molecule has 4 heteroatoms. The third-order valence-corrected chi connectivity index (χ3v) is 4.12. The topological polar surface area (TPSA) is 66.6 Å². The summed E-state index contributed by atoms with van der Waals surface area (Å²) in [5.41, 5.74) is 6.30. The quantitative estimate of drug-likeness (QED) is 0.859. The maximum atomic E-state index is 11.2. The van der Waals surface area contributed by atoms with Crippen molar-refractivity contribution < 1.29 is 9.90 Å². The summed E-state index contributed by atoms with van der Waals surface area (Å²) in [7, 11) is 0. The number of aliphatic hydroxyl groups is 1. The van der Waals surface area contributed by atoms with E-state index in [1.54, 1.807) is 0 Å². The van der Waals surface area contributed by atoms with E-state index >= 15 is 0 Å². The van der Waals surface area contributed by atoms with Crippen molar-refractivity contribution in [3.8, 4) is 0 Å². The van der Waals surface area contributed by atoms with Gasteiger partial charge in [-0.05, 0) is 44.3 Å². The molecule has 1 amide bonds. The van der Waals surface area contributed by atoms with Crippen LogP contribution in [0, 0.1) is 5.92 Å². The maximum absolute atomic E-state index is 11.2. The lowest BCUT2D eigenvalue weighted by molar-refractivity contribution is -0.123. The molecule has 0 spiro atoms. The van der Waals surface area contributed by atoms with Gasteiger partial charge in [-0.3, -0.25) is 9.69 Å². The number of primary amides is 1. The summed E-state index contributed by atoms with van der Waals surface area (Å²) >= 11 is 0. The summed E-state index contributed by atoms with van der Waals surface area (Å²) in [6, 6.07) is 9.56. The Morgan fingerprint density at radius 1 is 1.32 bits per heavy atom. The van der Waals surface area contributed by atoms with Crippen LogP contribution in [0.5, 0.6) is 0 Å². The molecule has 2 unspecified atom stereocenters. The minimum atomic E-state index is -0.410. The Morgan fingerprint density at radius 3 is 2.42 bits per heavy atom. The molecule has 1 heterocycles. The lowest BCUT2D eigenvalue weighted by Gasteiger charge is -2.36. The fourth-order valence-corrected chi connectivity index (χ4v) is 2.72. The van der Waals surface area contributed by atoms with Gasteiger partial charge < -0.3 is 10.8 Å². The van der Waals surface area contributed by atoms with Crippen molar-refractivity contribution in [1.82, 2.24) is 4.90 Å². The lowest BCUT2D eigenvalue weighted by atomic mass is 9.87. The molecule has 0 aliphatic carbocycles. The minimum absolute atomic E-state index is 0.213. The second-order valence-corrected chi connectivity index (χ2v) is 5.31. The predicted molar refractivity (Wildman–Crippen MR) is 74.4 cm³/mol. The number of aliphatic hydroxyl groups excluding tert-OH is 1. The van der Waals surface area contributed by atoms with Crippen LogP contribution >= 0.6 is 0 Å². The molecule has 1 aliphatic rings. The van der Waals surface area contributed by atoms with Gasteiger partial charge in [0, 0.05) is 0 Å². The highest BCUT2D eigenvalue weighted by atomic mass is 16.3. The molecule has 1 aromatic carbocycles. The highest BCUT2D eigenvalue weighted by Gasteiger charge is 2.29. The Kier molecular flexibility index (Phi) is 4.56. The summed E-state index contributed by atoms with van der Waals surface area (Å²) in [5.74, 6) is -0.0132. The second-order valence-electron chi connectivity index (χ2n) is 5.31. The van der Waals surface area contributed by atoms with Crippen LogP contribution < -0.4 is 5.73 Å². The molecular weight excluding hydrogens is 240 g/mol. The zero-order chi connectivity index (χ0) is 13.8. The van der Waals surface area contributed by atoms with Gasteiger partial charge in [0.1, 0.15) is 0 Å². The molecule has 0 saturated carbocycles. The molecule has 1 fully saturated rings. The molecule has 2 rings (SSSR count). The third kappa shape index (κ3) is 3.33. The van der Waals surface area contributed by atoms with E-state index in [2.05, 4.69) is 4.90 Å². The fourth-order valence-electron chi connectivity index (χ4n) is 2.72. The maximum Gasteiger partial charge on any atom is 0.234 e. The number of likely N-dealkylation sites (tertiary alicyclic amines) is 1. The van der Waals surface area contributed by atoms with Crippen LogP contribution in [0.25, 0.3) is 0 Å². The highest BCUT2D eigenvalue weighted by Crippen LogP contribution is 2.31. The number of carbonyl (C=O) groups excluding carboxylic acids is 1. The van der Waals surface area contributed by atoms with Crippen molar-refractivity contribution in [3.05, 3.63) is 35.9 Å². The van der Waals surface area contributed by atoms with Crippen molar-refractivity contribution in [1.29, 1.82) is 0 Å². The van der Waals surface area contributed by atoms with E-state index in [0.717, 1.165) is 31.5 Å². The molecular formula is C15H22N2O2. The molecule has 1 saturated heterocycles. The van der Waals surface area contributed by atoms with Gasteiger partial charge in [-0.25, -0.2) is 0 Å². The average molecular weight is 262 g/mol. The predicted octanol–water partition coefficient (Wildman–Crippen LogP) is 1.31. The van der Waals surface area contributed by atoms with Crippen molar-refractivity contribution in [2.75, 3.05) is 13.1 Å². The first-order valence-corrected chi connectivity index (χ1v) is 6.86. The molecule has 4 nitrogen and oxygen atoms in total. The van der Waals surface area contributed by atoms with Crippen molar-refractivity contribution in [3.63, 3.8) is 0 Å². The Bertz CT molecular complexity index is 413. The number of nitrogens with zero attached hydrogens (tertiary/aromatic N) is 1. The van der Waals surface area contributed by atoms with Gasteiger partial charge in [0.15, 0.2) is 0 Å². The molecule has 1 aliphatic heterocycles. The van der Waals surface area contributed by atoms with E-state index in [9.17, 15) is 9.90 Å². The van der Waals surface area contributed by atoms with Gasteiger partial charge in [0.25, 0.3) is 0 Å². The summed E-state index contributed by atoms with van der Waals surface area (Å²) in [4.78, 5) is 13.3. The van der Waals surface area contributed by atoms with Crippen molar-refractivity contribution in [2.45, 2.75) is 31.9 Å². The number of rotatable bonds is 4. The molecule has 0 bridgehead atoms. The molecule has 19 heavy (non-hydrogen) atoms. The number of carbonyl (C=O) groups is 1. The van der Waals surface area contributed by atoms with Gasteiger partial charge >= 0.3 is 0 Å². The summed E-state index contributed by atoms with van der Waals surface area (Å²) in [6.45, 7) is 3.48. The molecule has 104 valence electrons. The minimum Gasteiger partial charge on any atom is -0.388 e. The standard InChI is InChI=1S/C15H22N2O2/c1-11(15(16)19)17-9-7-13(8-10-17)14(18)12-5-3-2-4-6-12/h2-6,11,13-14,18H,7-10H2,1H3,(H2,16,19). The Balaban J connectivity index is 1.91. The van der Waals surface area contributed by atoms with Crippen LogP contribution in [-0.2, 0) is 4.79 Å². The van der Waals surface area contributed by atoms with Crippen LogP contribution in [0.2, 0.25) is 0 Å². The second kappa shape index (κ2) is 6.17. The van der Waals surface area contributed by atoms with E-state index in [-0.39, 0.29) is 17.9 Å². The Labute approximate surface area is 114 Å². The Morgan fingerprint density at radius 2 is 1.89 bits per heavy atom. The largest absolute Gasteiger partial charge is 0.388 e. The smallest absolute Gasteiger partial charge is 0.234 e. The molecule has 0 aromatic heterocycles. The average Bonchev–Trinajstić information content (AvgIpc) is 2.46. The fraction of sp³-hybridized carbons (Fsp3) is 0.533. The molecule has 3 N–H and O–H groups in total. The first-order chi connectivity index (χ1) is 9.09. The van der Waals surface area contributed by atoms with Crippen molar-refractivity contribution in [2.24, 2.45) is 11.7 Å². The van der Waals surface area contributed by atoms with Crippen LogP contribution in [0.1, 0.15) is 31.4 Å². The first kappa shape index (κ1) is 14.0. The van der Waals surface area contributed by atoms with Gasteiger partial charge in [-0.2, -0.15) is 0 Å². The number of amides is 1. The molecule has 0 radical (unpaired) electrons. The van der Waals surface area contributed by atoms with Gasteiger partial charge in [-0.1, -0.05) is 30.3 Å². The van der Waals surface area contributed by atoms with Gasteiger partial charge in [0.2, 0.25) is 5.91 Å². The third-order valence-electron chi connectivity index (χ3n) is 4.12. The summed E-state index contributed by atoms with van der Waals surface area (Å²) < 4.78 is 0. The van der Waals surface area contributed by atoms with E-state index in [4.69, 9.17) is 5.73 Å². The van der Waals surface area contributed by atoms with Crippen LogP contribution in [0.3, 0.4) is 0 Å². The van der Waals surface area contributed by atoms with Crippen LogP contribution in [-0.4, -0.2) is 35.0 Å². The summed E-state index contributed by atoms with van der Waals surface area (Å²) in [5, 5.41) is 10.4. The van der Waals surface area contributed by atoms with Crippen molar-refractivity contribution >= 4 is 5.91 Å². The van der Waals surface area contributed by atoms with E-state index in [0.29, 0.717) is 0 Å². The number of nitrogens with two attached hydrogens (primary N) is 1. The van der Waals surface area contributed by atoms with E-state index in [1.807, 2.05) is 37.3 Å². The first-order valence-electron chi connectivity index (χ1n) is 6.86. The number of hydrogen-bond acceptors (Lipinski definition) is 3. The summed E-state index contributed by atoms with van der Waals surface area (Å²) in [6.07, 6.45) is 1.38. The van der Waals surface area contributed by atoms with E-state index in [1.165, 1.54) is 0 Å². The molecule has 2 atom stereocenters. The number of hydrogen-bond donors (Lipinski definition) is 2. The van der Waals surface area contributed by atoms with E-state index < -0.39 is 6.10 Å². The lowest BCUT2D eigenvalue weighted by Crippen LogP contribution is -2.47. The highest BCUT2D eigenvalue weighted by molar-refractivity contribution is 5.79. The zero-order valence-corrected chi connectivity index (χ0v) is 11.3. The monoisotopic (exact) mass is 262 g/mol. The SMILES string of the molecule is CC(C(N)=O)N1CCC(C(O)c2ccccc2)CC1. The zero-order valence-electron chi connectivity index (χ0n) is 11.3. The number of benzene rings is 1. The number of piperidine rings is 1. The Hall–Kier alpha value is -1.39. The van der Waals surface area contributed by atoms with Crippen LogP contribution in [0.15, 0.2) is 30.3 Å². The van der Waals surface area contributed by atoms with Gasteiger partial charge in [-0.15, -0.1) is 0 Å². The van der Waals surface area contributed by atoms with Crippen LogP contribution in [0.4, 0.5) is 0 Å².